The Morgan fingerprint density at radius 2 is 2.38 bits per heavy atom. The number of hydrogen-bond donors (Lipinski definition) is 1. The van der Waals surface area contributed by atoms with E-state index in [1.165, 1.54) is 6.20 Å². The van der Waals surface area contributed by atoms with E-state index in [2.05, 4.69) is 4.99 Å². The Labute approximate surface area is 48.9 Å². The minimum atomic E-state index is 0.576. The van der Waals surface area contributed by atoms with Crippen LogP contribution in [-0.2, 0) is 4.74 Å². The molecular formula is C5H10N2O. The predicted octanol–water partition coefficient (Wildman–Crippen LogP) is 0.134. The number of ether oxygens (including phenoxy) is 1. The number of hydrogen-bond acceptors (Lipinski definition) is 3. The first-order valence-corrected chi connectivity index (χ1v) is 2.23. The second-order valence-electron chi connectivity index (χ2n) is 1.16. The van der Waals surface area contributed by atoms with Crippen LogP contribution in [0.5, 0.6) is 0 Å². The molecule has 0 heterocycles. The molecule has 3 heteroatoms. The molecular weight excluding hydrogens is 104 g/mol. The molecule has 0 aromatic rings. The summed E-state index contributed by atoms with van der Waals surface area (Å²) in [5.41, 5.74) is 5.09. The van der Waals surface area contributed by atoms with Gasteiger partial charge in [0.2, 0.25) is 0 Å². The summed E-state index contributed by atoms with van der Waals surface area (Å²) in [6, 6.07) is 0. The van der Waals surface area contributed by atoms with Gasteiger partial charge in [-0.3, -0.25) is 4.99 Å². The first-order chi connectivity index (χ1) is 3.85. The van der Waals surface area contributed by atoms with E-state index in [1.807, 2.05) is 0 Å². The monoisotopic (exact) mass is 114 g/mol. The summed E-state index contributed by atoms with van der Waals surface area (Å²) in [5.74, 6) is 0.576. The summed E-state index contributed by atoms with van der Waals surface area (Å²) < 4.78 is 4.73. The zero-order valence-electron chi connectivity index (χ0n) is 5.09. The van der Waals surface area contributed by atoms with Crippen LogP contribution in [0.1, 0.15) is 0 Å². The molecule has 0 fully saturated rings. The molecule has 0 amide bonds. The molecule has 0 spiro atoms. The first-order valence-electron chi connectivity index (χ1n) is 2.23. The van der Waals surface area contributed by atoms with Gasteiger partial charge in [-0.05, 0) is 0 Å². The topological polar surface area (TPSA) is 47.6 Å². The van der Waals surface area contributed by atoms with E-state index in [-0.39, 0.29) is 0 Å². The highest BCUT2D eigenvalue weighted by Gasteiger charge is 1.81. The molecule has 0 aromatic heterocycles. The fourth-order valence-corrected chi connectivity index (χ4v) is 0.291. The Kier molecular flexibility index (Phi) is 3.66. The first kappa shape index (κ1) is 7.01. The van der Waals surface area contributed by atoms with Crippen LogP contribution in [0.4, 0.5) is 0 Å². The number of aliphatic imine (C=N–C) groups is 1. The van der Waals surface area contributed by atoms with Crippen molar-refractivity contribution in [2.24, 2.45) is 10.7 Å². The average Bonchev–Trinajstić information content (AvgIpc) is 1.83. The molecule has 46 valence electrons. The van der Waals surface area contributed by atoms with Gasteiger partial charge in [0, 0.05) is 13.2 Å². The largest absolute Gasteiger partial charge is 0.494 e. The molecule has 0 aliphatic carbocycles. The summed E-state index contributed by atoms with van der Waals surface area (Å²) in [7, 11) is 3.20. The molecule has 2 N–H and O–H groups in total. The smallest absolute Gasteiger partial charge is 0.152 e. The number of methoxy groups -OCH3 is 1. The van der Waals surface area contributed by atoms with Crippen molar-refractivity contribution in [1.82, 2.24) is 0 Å². The minimum Gasteiger partial charge on any atom is -0.494 e. The summed E-state index contributed by atoms with van der Waals surface area (Å²) in [4.78, 5) is 3.68. The van der Waals surface area contributed by atoms with Crippen LogP contribution in [0, 0.1) is 0 Å². The predicted molar refractivity (Wildman–Crippen MR) is 33.7 cm³/mol. The zero-order valence-corrected chi connectivity index (χ0v) is 5.09. The minimum absolute atomic E-state index is 0.576. The second-order valence-corrected chi connectivity index (χ2v) is 1.16. The number of nitrogens with two attached hydrogens (primary N) is 1. The standard InChI is InChI=1S/C5H10N2O/c1-7-4-5(3-6)8-2/h3-4H,6H2,1-2H3/b5-3+,7-4?. The number of rotatable bonds is 2. The lowest BCUT2D eigenvalue weighted by molar-refractivity contribution is 0.316. The summed E-state index contributed by atoms with van der Waals surface area (Å²) in [6.07, 6.45) is 2.90. The molecule has 0 aliphatic rings. The molecule has 8 heavy (non-hydrogen) atoms. The van der Waals surface area contributed by atoms with Crippen molar-refractivity contribution in [3.63, 3.8) is 0 Å². The quantitative estimate of drug-likeness (QED) is 0.410. The molecule has 0 saturated heterocycles. The van der Waals surface area contributed by atoms with Crippen LogP contribution in [0.25, 0.3) is 0 Å². The Bertz CT molecular complexity index is 104. The van der Waals surface area contributed by atoms with Crippen LogP contribution in [0.15, 0.2) is 17.0 Å². The molecule has 0 saturated carbocycles. The molecule has 0 aliphatic heterocycles. The number of allylic oxidation sites excluding steroid dienone is 1. The van der Waals surface area contributed by atoms with Crippen LogP contribution < -0.4 is 5.73 Å². The van der Waals surface area contributed by atoms with Gasteiger partial charge in [0.05, 0.1) is 13.3 Å². The van der Waals surface area contributed by atoms with Crippen molar-refractivity contribution in [1.29, 1.82) is 0 Å². The molecule has 3 nitrogen and oxygen atoms in total. The van der Waals surface area contributed by atoms with Crippen LogP contribution >= 0.6 is 0 Å². The summed E-state index contributed by atoms with van der Waals surface area (Å²) in [6.45, 7) is 0. The van der Waals surface area contributed by atoms with E-state index in [1.54, 1.807) is 20.4 Å². The maximum Gasteiger partial charge on any atom is 0.152 e. The fraction of sp³-hybridized carbons (Fsp3) is 0.400. The van der Waals surface area contributed by atoms with E-state index in [4.69, 9.17) is 10.5 Å². The highest BCUT2D eigenvalue weighted by molar-refractivity contribution is 5.75. The third-order valence-corrected chi connectivity index (χ3v) is 0.656. The summed E-state index contributed by atoms with van der Waals surface area (Å²) in [5, 5.41) is 0. The van der Waals surface area contributed by atoms with Gasteiger partial charge < -0.3 is 10.5 Å². The lowest BCUT2D eigenvalue weighted by atomic mass is 10.6. The van der Waals surface area contributed by atoms with Gasteiger partial charge >= 0.3 is 0 Å². The van der Waals surface area contributed by atoms with Crippen molar-refractivity contribution in [3.05, 3.63) is 12.0 Å². The van der Waals surface area contributed by atoms with Crippen LogP contribution in [0.2, 0.25) is 0 Å². The van der Waals surface area contributed by atoms with Gasteiger partial charge in [-0.1, -0.05) is 0 Å². The van der Waals surface area contributed by atoms with Gasteiger partial charge in [-0.2, -0.15) is 0 Å². The molecule has 0 radical (unpaired) electrons. The Morgan fingerprint density at radius 1 is 1.75 bits per heavy atom. The molecule has 0 unspecified atom stereocenters. The van der Waals surface area contributed by atoms with E-state index in [0.717, 1.165) is 0 Å². The van der Waals surface area contributed by atoms with E-state index < -0.39 is 0 Å². The molecule has 0 rings (SSSR count). The van der Waals surface area contributed by atoms with Gasteiger partial charge in [0.25, 0.3) is 0 Å². The fourth-order valence-electron chi connectivity index (χ4n) is 0.291. The Hall–Kier alpha value is -0.990. The third kappa shape index (κ3) is 2.23. The average molecular weight is 114 g/mol. The van der Waals surface area contributed by atoms with E-state index in [0.29, 0.717) is 5.76 Å². The molecule has 0 atom stereocenters. The lowest BCUT2D eigenvalue weighted by Crippen LogP contribution is -1.92. The van der Waals surface area contributed by atoms with Crippen molar-refractivity contribution < 1.29 is 4.74 Å². The van der Waals surface area contributed by atoms with Crippen LogP contribution in [-0.4, -0.2) is 20.4 Å². The highest BCUT2D eigenvalue weighted by Crippen LogP contribution is 1.84. The van der Waals surface area contributed by atoms with Gasteiger partial charge in [0.15, 0.2) is 5.76 Å². The highest BCUT2D eigenvalue weighted by atomic mass is 16.5. The molecule has 0 bridgehead atoms. The van der Waals surface area contributed by atoms with Crippen molar-refractivity contribution >= 4 is 6.21 Å². The van der Waals surface area contributed by atoms with Crippen LogP contribution in [0.3, 0.4) is 0 Å². The van der Waals surface area contributed by atoms with Gasteiger partial charge in [-0.25, -0.2) is 0 Å². The lowest BCUT2D eigenvalue weighted by Gasteiger charge is -1.93. The van der Waals surface area contributed by atoms with E-state index >= 15 is 0 Å². The Morgan fingerprint density at radius 3 is 2.50 bits per heavy atom. The van der Waals surface area contributed by atoms with Gasteiger partial charge in [0.1, 0.15) is 0 Å². The van der Waals surface area contributed by atoms with Crippen molar-refractivity contribution in [2.45, 2.75) is 0 Å². The number of nitrogens with zero attached hydrogens (tertiary/aromatic N) is 1. The van der Waals surface area contributed by atoms with Crippen molar-refractivity contribution in [3.8, 4) is 0 Å². The second kappa shape index (κ2) is 4.18. The van der Waals surface area contributed by atoms with Crippen molar-refractivity contribution in [2.75, 3.05) is 14.2 Å². The van der Waals surface area contributed by atoms with Gasteiger partial charge in [-0.15, -0.1) is 0 Å². The summed E-state index contributed by atoms with van der Waals surface area (Å²) >= 11 is 0. The molecule has 0 aromatic carbocycles. The SMILES string of the molecule is CN=C/C(=C\N)OC. The maximum atomic E-state index is 5.09. The Balaban J connectivity index is 3.72. The maximum absolute atomic E-state index is 5.09. The normalized spacial score (nSPS) is 12.5. The van der Waals surface area contributed by atoms with E-state index in [9.17, 15) is 0 Å². The zero-order chi connectivity index (χ0) is 6.41. The third-order valence-electron chi connectivity index (χ3n) is 0.656.